The third kappa shape index (κ3) is 3.52. The normalized spacial score (nSPS) is 19.9. The van der Waals surface area contributed by atoms with Crippen LogP contribution in [0.5, 0.6) is 0 Å². The fraction of sp³-hybridized carbons (Fsp3) is 0.571. The van der Waals surface area contributed by atoms with Gasteiger partial charge in [-0.15, -0.1) is 0 Å². The lowest BCUT2D eigenvalue weighted by molar-refractivity contribution is 0.0251. The molecule has 0 radical (unpaired) electrons. The first kappa shape index (κ1) is 13.0. The van der Waals surface area contributed by atoms with Gasteiger partial charge in [0, 0.05) is 10.9 Å². The van der Waals surface area contributed by atoms with Crippen molar-refractivity contribution >= 4 is 15.9 Å². The molecule has 0 atom stereocenters. The quantitative estimate of drug-likeness (QED) is 0.811. The van der Waals surface area contributed by atoms with Crippen molar-refractivity contribution in [3.05, 3.63) is 34.1 Å². The maximum atomic E-state index is 13.0. The first-order valence-corrected chi connectivity index (χ1v) is 7.05. The Kier molecular flexibility index (Phi) is 4.21. The molecule has 1 nitrogen and oxygen atoms in total. The molecule has 0 aliphatic heterocycles. The molecule has 0 aromatic heterocycles. The van der Waals surface area contributed by atoms with Gasteiger partial charge in [-0.1, -0.05) is 47.7 Å². The summed E-state index contributed by atoms with van der Waals surface area (Å²) in [5.41, 5.74) is 0.396. The van der Waals surface area contributed by atoms with Crippen LogP contribution in [0.2, 0.25) is 0 Å². The van der Waals surface area contributed by atoms with Gasteiger partial charge in [-0.25, -0.2) is 4.39 Å². The van der Waals surface area contributed by atoms with Crippen LogP contribution in [-0.2, 0) is 6.42 Å². The summed E-state index contributed by atoms with van der Waals surface area (Å²) in [5.74, 6) is -0.242. The predicted molar refractivity (Wildman–Crippen MR) is 70.5 cm³/mol. The zero-order valence-corrected chi connectivity index (χ0v) is 11.5. The van der Waals surface area contributed by atoms with Crippen LogP contribution in [0, 0.1) is 5.82 Å². The number of hydrogen-bond acceptors (Lipinski definition) is 1. The van der Waals surface area contributed by atoms with Crippen molar-refractivity contribution in [2.24, 2.45) is 0 Å². The smallest absolute Gasteiger partial charge is 0.124 e. The van der Waals surface area contributed by atoms with Crippen LogP contribution < -0.4 is 0 Å². The van der Waals surface area contributed by atoms with E-state index in [0.29, 0.717) is 6.42 Å². The number of rotatable bonds is 2. The van der Waals surface area contributed by atoms with Crippen molar-refractivity contribution in [2.75, 3.05) is 0 Å². The monoisotopic (exact) mass is 300 g/mol. The first-order chi connectivity index (χ1) is 8.09. The molecule has 1 aromatic carbocycles. The van der Waals surface area contributed by atoms with Gasteiger partial charge in [0.1, 0.15) is 5.82 Å². The molecule has 1 N–H and O–H groups in total. The summed E-state index contributed by atoms with van der Waals surface area (Å²) >= 11 is 3.37. The van der Waals surface area contributed by atoms with Crippen molar-refractivity contribution in [3.63, 3.8) is 0 Å². The van der Waals surface area contributed by atoms with Crippen LogP contribution in [0.1, 0.15) is 44.1 Å². The zero-order valence-electron chi connectivity index (χ0n) is 9.88. The fourth-order valence-electron chi connectivity index (χ4n) is 2.58. The Morgan fingerprint density at radius 3 is 2.41 bits per heavy atom. The van der Waals surface area contributed by atoms with E-state index in [-0.39, 0.29) is 5.82 Å². The van der Waals surface area contributed by atoms with Crippen LogP contribution in [0.15, 0.2) is 22.7 Å². The minimum atomic E-state index is -0.600. The van der Waals surface area contributed by atoms with Crippen LogP contribution in [-0.4, -0.2) is 10.7 Å². The van der Waals surface area contributed by atoms with Gasteiger partial charge in [-0.2, -0.15) is 0 Å². The molecule has 1 aliphatic rings. The van der Waals surface area contributed by atoms with E-state index < -0.39 is 5.60 Å². The third-order valence-corrected chi connectivity index (χ3v) is 4.31. The van der Waals surface area contributed by atoms with Crippen LogP contribution in [0.3, 0.4) is 0 Å². The first-order valence-electron chi connectivity index (χ1n) is 6.25. The Balaban J connectivity index is 2.12. The van der Waals surface area contributed by atoms with Crippen LogP contribution in [0.4, 0.5) is 4.39 Å². The lowest BCUT2D eigenvalue weighted by atomic mass is 9.87. The van der Waals surface area contributed by atoms with Gasteiger partial charge < -0.3 is 5.11 Å². The maximum absolute atomic E-state index is 13.0. The highest BCUT2D eigenvalue weighted by atomic mass is 79.9. The highest BCUT2D eigenvalue weighted by molar-refractivity contribution is 9.10. The van der Waals surface area contributed by atoms with Crippen molar-refractivity contribution in [2.45, 2.75) is 50.5 Å². The van der Waals surface area contributed by atoms with E-state index in [1.807, 2.05) is 0 Å². The van der Waals surface area contributed by atoms with Gasteiger partial charge in [0.2, 0.25) is 0 Å². The molecule has 1 aromatic rings. The Morgan fingerprint density at radius 1 is 1.18 bits per heavy atom. The lowest BCUT2D eigenvalue weighted by Gasteiger charge is -2.27. The van der Waals surface area contributed by atoms with Gasteiger partial charge in [0.05, 0.1) is 5.60 Å². The molecular weight excluding hydrogens is 283 g/mol. The molecule has 17 heavy (non-hydrogen) atoms. The predicted octanol–water partition coefficient (Wildman–Crippen LogP) is 4.22. The SMILES string of the molecule is OC1(Cc2ccc(F)cc2Br)CCCCCC1. The van der Waals surface area contributed by atoms with E-state index in [2.05, 4.69) is 15.9 Å². The molecule has 1 aliphatic carbocycles. The molecule has 3 heteroatoms. The lowest BCUT2D eigenvalue weighted by Crippen LogP contribution is -2.30. The average Bonchev–Trinajstić information content (AvgIpc) is 2.48. The van der Waals surface area contributed by atoms with E-state index in [9.17, 15) is 9.50 Å². The molecule has 0 amide bonds. The van der Waals surface area contributed by atoms with Crippen molar-refractivity contribution in [1.82, 2.24) is 0 Å². The van der Waals surface area contributed by atoms with Gasteiger partial charge in [-0.05, 0) is 30.5 Å². The van der Waals surface area contributed by atoms with Gasteiger partial charge >= 0.3 is 0 Å². The number of benzene rings is 1. The molecule has 1 fully saturated rings. The highest BCUT2D eigenvalue weighted by Gasteiger charge is 2.28. The molecular formula is C14H18BrFO. The second-order valence-corrected chi connectivity index (χ2v) is 5.91. The van der Waals surface area contributed by atoms with Crippen LogP contribution in [0.25, 0.3) is 0 Å². The van der Waals surface area contributed by atoms with E-state index in [0.717, 1.165) is 35.7 Å². The second kappa shape index (κ2) is 5.49. The minimum absolute atomic E-state index is 0.242. The average molecular weight is 301 g/mol. The summed E-state index contributed by atoms with van der Waals surface area (Å²) in [5, 5.41) is 10.6. The summed E-state index contributed by atoms with van der Waals surface area (Å²) in [4.78, 5) is 0. The van der Waals surface area contributed by atoms with E-state index >= 15 is 0 Å². The Hall–Kier alpha value is -0.410. The second-order valence-electron chi connectivity index (χ2n) is 5.05. The maximum Gasteiger partial charge on any atom is 0.124 e. The van der Waals surface area contributed by atoms with Gasteiger partial charge in [0.15, 0.2) is 0 Å². The van der Waals surface area contributed by atoms with Crippen LogP contribution >= 0.6 is 15.9 Å². The molecule has 0 bridgehead atoms. The third-order valence-electron chi connectivity index (χ3n) is 3.57. The number of halogens is 2. The largest absolute Gasteiger partial charge is 0.390 e. The molecule has 0 heterocycles. The fourth-order valence-corrected chi connectivity index (χ4v) is 3.07. The Bertz CT molecular complexity index is 384. The standard InChI is InChI=1S/C14H18BrFO/c15-13-9-12(16)6-5-11(13)10-14(17)7-3-1-2-4-8-14/h5-6,9,17H,1-4,7-8,10H2. The van der Waals surface area contributed by atoms with E-state index in [4.69, 9.17) is 0 Å². The minimum Gasteiger partial charge on any atom is -0.390 e. The number of hydrogen-bond donors (Lipinski definition) is 1. The van der Waals surface area contributed by atoms with E-state index in [1.165, 1.54) is 25.0 Å². The molecule has 2 rings (SSSR count). The molecule has 1 saturated carbocycles. The molecule has 94 valence electrons. The summed E-state index contributed by atoms with van der Waals surface area (Å²) in [6, 6.07) is 4.69. The van der Waals surface area contributed by atoms with E-state index in [1.54, 1.807) is 6.07 Å². The molecule has 0 spiro atoms. The van der Waals surface area contributed by atoms with Gasteiger partial charge in [0.25, 0.3) is 0 Å². The Morgan fingerprint density at radius 2 is 1.82 bits per heavy atom. The summed E-state index contributed by atoms with van der Waals surface area (Å²) in [7, 11) is 0. The summed E-state index contributed by atoms with van der Waals surface area (Å²) in [6.45, 7) is 0. The molecule has 0 saturated heterocycles. The van der Waals surface area contributed by atoms with Crippen molar-refractivity contribution in [3.8, 4) is 0 Å². The number of aliphatic hydroxyl groups is 1. The van der Waals surface area contributed by atoms with Crippen molar-refractivity contribution in [1.29, 1.82) is 0 Å². The summed E-state index contributed by atoms with van der Waals surface area (Å²) < 4.78 is 13.8. The van der Waals surface area contributed by atoms with Crippen molar-refractivity contribution < 1.29 is 9.50 Å². The topological polar surface area (TPSA) is 20.2 Å². The summed E-state index contributed by atoms with van der Waals surface area (Å²) in [6.07, 6.45) is 6.95. The zero-order chi connectivity index (χ0) is 12.3. The highest BCUT2D eigenvalue weighted by Crippen LogP contribution is 2.32. The molecule has 0 unspecified atom stereocenters. The Labute approximate surface area is 110 Å². The van der Waals surface area contributed by atoms with Gasteiger partial charge in [-0.3, -0.25) is 0 Å².